The summed E-state index contributed by atoms with van der Waals surface area (Å²) in [6.07, 6.45) is 11.9. The number of aromatic nitrogens is 2. The Bertz CT molecular complexity index is 487. The van der Waals surface area contributed by atoms with E-state index in [9.17, 15) is 0 Å². The molecule has 0 spiro atoms. The van der Waals surface area contributed by atoms with Gasteiger partial charge in [-0.1, -0.05) is 57.0 Å². The van der Waals surface area contributed by atoms with Crippen molar-refractivity contribution in [2.75, 3.05) is 0 Å². The van der Waals surface area contributed by atoms with Crippen LogP contribution in [0.1, 0.15) is 45.1 Å². The minimum atomic E-state index is 0.813. The fourth-order valence-electron chi connectivity index (χ4n) is 2.65. The van der Waals surface area contributed by atoms with Crippen molar-refractivity contribution in [2.45, 2.75) is 52.6 Å². The van der Waals surface area contributed by atoms with Crippen molar-refractivity contribution < 1.29 is 4.57 Å². The van der Waals surface area contributed by atoms with E-state index >= 15 is 0 Å². The average Bonchev–Trinajstić information content (AvgIpc) is 2.91. The summed E-state index contributed by atoms with van der Waals surface area (Å²) in [5.41, 5.74) is 1.35. The fourth-order valence-corrected chi connectivity index (χ4v) is 2.65. The Labute approximate surface area is 123 Å². The Morgan fingerprint density at radius 2 is 1.95 bits per heavy atom. The Kier molecular flexibility index (Phi) is 5.85. The summed E-state index contributed by atoms with van der Waals surface area (Å²) in [5.74, 6) is 0.813. The highest BCUT2D eigenvalue weighted by Gasteiger charge is 2.11. The van der Waals surface area contributed by atoms with Gasteiger partial charge in [-0.15, -0.1) is 0 Å². The van der Waals surface area contributed by atoms with Gasteiger partial charge in [-0.3, -0.25) is 0 Å². The van der Waals surface area contributed by atoms with E-state index in [2.05, 4.69) is 72.0 Å². The standard InChI is InChI=1S/C18H27N2/c1-3-5-9-17(4-2)14-19-12-13-20(16-19)15-18-10-7-6-8-11-18/h6-8,10-13,16-17H,3-5,9,14-15H2,1-2H3/q+1. The zero-order chi connectivity index (χ0) is 14.2. The molecule has 20 heavy (non-hydrogen) atoms. The van der Waals surface area contributed by atoms with E-state index in [-0.39, 0.29) is 0 Å². The molecule has 2 nitrogen and oxygen atoms in total. The number of imidazole rings is 1. The molecule has 0 aliphatic rings. The molecule has 1 aromatic carbocycles. The molecule has 1 heterocycles. The quantitative estimate of drug-likeness (QED) is 0.641. The third-order valence-electron chi connectivity index (χ3n) is 3.97. The first-order chi connectivity index (χ1) is 9.81. The van der Waals surface area contributed by atoms with Crippen LogP contribution in [0.15, 0.2) is 49.1 Å². The summed E-state index contributed by atoms with van der Waals surface area (Å²) in [6.45, 7) is 6.69. The van der Waals surface area contributed by atoms with Crippen LogP contribution in [0, 0.1) is 5.92 Å². The van der Waals surface area contributed by atoms with Gasteiger partial charge in [0.25, 0.3) is 0 Å². The SMILES string of the molecule is CCCCC(CC)Cn1cc[n+](Cc2ccccc2)c1. The summed E-state index contributed by atoms with van der Waals surface area (Å²) in [5, 5.41) is 0. The average molecular weight is 271 g/mol. The van der Waals surface area contributed by atoms with Crippen molar-refractivity contribution in [3.8, 4) is 0 Å². The maximum Gasteiger partial charge on any atom is 0.244 e. The maximum atomic E-state index is 2.34. The van der Waals surface area contributed by atoms with Crippen molar-refractivity contribution >= 4 is 0 Å². The van der Waals surface area contributed by atoms with Crippen molar-refractivity contribution in [2.24, 2.45) is 5.92 Å². The molecule has 0 aliphatic heterocycles. The molecule has 1 aromatic heterocycles. The smallest absolute Gasteiger partial charge is 0.237 e. The van der Waals surface area contributed by atoms with Gasteiger partial charge < -0.3 is 0 Å². The van der Waals surface area contributed by atoms with Crippen LogP contribution in [-0.2, 0) is 13.1 Å². The number of benzene rings is 1. The molecule has 0 fully saturated rings. The molecule has 0 aliphatic carbocycles. The lowest BCUT2D eigenvalue weighted by molar-refractivity contribution is -0.687. The molecule has 0 radical (unpaired) electrons. The second kappa shape index (κ2) is 7.88. The van der Waals surface area contributed by atoms with Gasteiger partial charge in [-0.2, -0.15) is 0 Å². The van der Waals surface area contributed by atoms with E-state index in [0.717, 1.165) is 19.0 Å². The molecule has 1 unspecified atom stereocenters. The van der Waals surface area contributed by atoms with Crippen molar-refractivity contribution in [3.63, 3.8) is 0 Å². The van der Waals surface area contributed by atoms with Crippen molar-refractivity contribution in [3.05, 3.63) is 54.6 Å². The van der Waals surface area contributed by atoms with E-state index in [1.165, 1.54) is 31.2 Å². The predicted molar refractivity (Wildman–Crippen MR) is 83.5 cm³/mol. The van der Waals surface area contributed by atoms with Gasteiger partial charge >= 0.3 is 0 Å². The molecule has 0 amide bonds. The van der Waals surface area contributed by atoms with Crippen LogP contribution in [0.5, 0.6) is 0 Å². The summed E-state index contributed by atoms with van der Waals surface area (Å²) >= 11 is 0. The van der Waals surface area contributed by atoms with Crippen molar-refractivity contribution in [1.82, 2.24) is 4.57 Å². The Hall–Kier alpha value is -1.57. The highest BCUT2D eigenvalue weighted by Crippen LogP contribution is 2.14. The molecular weight excluding hydrogens is 244 g/mol. The van der Waals surface area contributed by atoms with Gasteiger partial charge in [0.1, 0.15) is 18.9 Å². The minimum absolute atomic E-state index is 0.813. The number of rotatable bonds is 8. The van der Waals surface area contributed by atoms with Crippen LogP contribution in [0.4, 0.5) is 0 Å². The van der Waals surface area contributed by atoms with Crippen LogP contribution < -0.4 is 4.57 Å². The zero-order valence-corrected chi connectivity index (χ0v) is 12.8. The second-order valence-electron chi connectivity index (χ2n) is 5.68. The molecule has 0 N–H and O–H groups in total. The molecule has 2 rings (SSSR count). The summed E-state index contributed by atoms with van der Waals surface area (Å²) in [6, 6.07) is 10.6. The highest BCUT2D eigenvalue weighted by molar-refractivity contribution is 5.13. The minimum Gasteiger partial charge on any atom is -0.237 e. The van der Waals surface area contributed by atoms with Gasteiger partial charge in [0.15, 0.2) is 0 Å². The molecule has 0 bridgehead atoms. The van der Waals surface area contributed by atoms with Gasteiger partial charge in [0.05, 0.1) is 6.54 Å². The largest absolute Gasteiger partial charge is 0.244 e. The Morgan fingerprint density at radius 1 is 1.15 bits per heavy atom. The van der Waals surface area contributed by atoms with Crippen LogP contribution in [0.2, 0.25) is 0 Å². The first-order valence-electron chi connectivity index (χ1n) is 7.90. The van der Waals surface area contributed by atoms with Crippen LogP contribution in [-0.4, -0.2) is 4.57 Å². The lowest BCUT2D eigenvalue weighted by atomic mass is 9.99. The van der Waals surface area contributed by atoms with Crippen LogP contribution in [0.25, 0.3) is 0 Å². The molecule has 1 atom stereocenters. The summed E-state index contributed by atoms with van der Waals surface area (Å²) in [4.78, 5) is 0. The monoisotopic (exact) mass is 271 g/mol. The molecule has 0 saturated heterocycles. The zero-order valence-electron chi connectivity index (χ0n) is 12.8. The Morgan fingerprint density at radius 3 is 2.65 bits per heavy atom. The van der Waals surface area contributed by atoms with Crippen molar-refractivity contribution in [1.29, 1.82) is 0 Å². The number of unbranched alkanes of at least 4 members (excludes halogenated alkanes) is 1. The van der Waals surface area contributed by atoms with E-state index in [0.29, 0.717) is 0 Å². The lowest BCUT2D eigenvalue weighted by Crippen LogP contribution is -2.31. The molecule has 2 heteroatoms. The first-order valence-corrected chi connectivity index (χ1v) is 7.90. The predicted octanol–water partition coefficient (Wildman–Crippen LogP) is 4.04. The topological polar surface area (TPSA) is 8.81 Å². The molecule has 2 aromatic rings. The van der Waals surface area contributed by atoms with Crippen LogP contribution in [0.3, 0.4) is 0 Å². The van der Waals surface area contributed by atoms with E-state index < -0.39 is 0 Å². The van der Waals surface area contributed by atoms with Gasteiger partial charge in [0, 0.05) is 0 Å². The Balaban J connectivity index is 1.91. The second-order valence-corrected chi connectivity index (χ2v) is 5.68. The third kappa shape index (κ3) is 4.52. The third-order valence-corrected chi connectivity index (χ3v) is 3.97. The molecule has 108 valence electrons. The van der Waals surface area contributed by atoms with Gasteiger partial charge in [0.2, 0.25) is 6.33 Å². The lowest BCUT2D eigenvalue weighted by Gasteiger charge is -2.11. The number of hydrogen-bond acceptors (Lipinski definition) is 0. The highest BCUT2D eigenvalue weighted by atomic mass is 15.1. The molecular formula is C18H27N2+. The van der Waals surface area contributed by atoms with E-state index in [4.69, 9.17) is 0 Å². The number of nitrogens with zero attached hydrogens (tertiary/aromatic N) is 2. The van der Waals surface area contributed by atoms with E-state index in [1.54, 1.807) is 0 Å². The van der Waals surface area contributed by atoms with Gasteiger partial charge in [-0.05, 0) is 24.3 Å². The maximum absolute atomic E-state index is 2.34. The first kappa shape index (κ1) is 14.8. The summed E-state index contributed by atoms with van der Waals surface area (Å²) < 4.78 is 4.61. The number of hydrogen-bond donors (Lipinski definition) is 0. The van der Waals surface area contributed by atoms with E-state index in [1.807, 2.05) is 0 Å². The fraction of sp³-hybridized carbons (Fsp3) is 0.500. The normalized spacial score (nSPS) is 12.5. The van der Waals surface area contributed by atoms with Crippen LogP contribution >= 0.6 is 0 Å². The van der Waals surface area contributed by atoms with Gasteiger partial charge in [-0.25, -0.2) is 9.13 Å². The summed E-state index contributed by atoms with van der Waals surface area (Å²) in [7, 11) is 0. The molecule has 0 saturated carbocycles.